The molecule has 0 saturated heterocycles. The van der Waals surface area contributed by atoms with Gasteiger partial charge in [-0.2, -0.15) is 0 Å². The summed E-state index contributed by atoms with van der Waals surface area (Å²) in [5, 5.41) is 12.6. The molecule has 0 aliphatic carbocycles. The highest BCUT2D eigenvalue weighted by Gasteiger charge is 2.19. The molecule has 3 rings (SSSR count). The average molecular weight is 369 g/mol. The number of carbonyl (C=O) groups is 1. The minimum absolute atomic E-state index is 0.161. The lowest BCUT2D eigenvalue weighted by molar-refractivity contribution is -0.124. The molecule has 1 heterocycles. The molecule has 0 saturated carbocycles. The van der Waals surface area contributed by atoms with Crippen molar-refractivity contribution >= 4 is 17.4 Å². The van der Waals surface area contributed by atoms with Crippen molar-refractivity contribution in [3.63, 3.8) is 0 Å². The zero-order valence-electron chi connectivity index (χ0n) is 14.4. The minimum Gasteiger partial charge on any atom is -0.384 e. The van der Waals surface area contributed by atoms with Gasteiger partial charge in [0, 0.05) is 23.5 Å². The van der Waals surface area contributed by atoms with Crippen LogP contribution in [0.4, 0.5) is 20.3 Å². The van der Waals surface area contributed by atoms with Crippen molar-refractivity contribution in [3.05, 3.63) is 77.5 Å². The summed E-state index contributed by atoms with van der Waals surface area (Å²) in [7, 11) is 0. The van der Waals surface area contributed by atoms with Crippen molar-refractivity contribution < 1.29 is 18.7 Å². The topological polar surface area (TPSA) is 88.2 Å². The Morgan fingerprint density at radius 3 is 2.41 bits per heavy atom. The highest BCUT2D eigenvalue weighted by atomic mass is 19.1. The van der Waals surface area contributed by atoms with Crippen LogP contribution in [0.3, 0.4) is 0 Å². The lowest BCUT2D eigenvalue weighted by Crippen LogP contribution is -2.21. The molecule has 0 unspecified atom stereocenters. The Balaban J connectivity index is 1.78. The summed E-state index contributed by atoms with van der Waals surface area (Å²) in [6.45, 7) is 1.86. The number of carbonyl (C=O) groups excluding carboxylic acids is 1. The molecule has 0 radical (unpaired) electrons. The van der Waals surface area contributed by atoms with Crippen molar-refractivity contribution in [2.75, 3.05) is 11.1 Å². The SMILES string of the molecule is Cc1cc(NC(=O)[C@H](O)c2cc(F)cc(F)c2)ccc1-c1ccc(N)nc1. The zero-order chi connectivity index (χ0) is 19.6. The molecule has 7 heteroatoms. The molecule has 0 aliphatic heterocycles. The van der Waals surface area contributed by atoms with Gasteiger partial charge in [0.1, 0.15) is 17.5 Å². The number of benzene rings is 2. The summed E-state index contributed by atoms with van der Waals surface area (Å²) >= 11 is 0. The maximum Gasteiger partial charge on any atom is 0.257 e. The standard InChI is InChI=1S/C20H17F2N3O2/c1-11-6-16(3-4-17(11)12-2-5-18(23)24-10-12)25-20(27)19(26)13-7-14(21)9-15(22)8-13/h2-10,19,26H,1H3,(H2,23,24)(H,25,27)/t19-/m1/s1. The van der Waals surface area contributed by atoms with Crippen molar-refractivity contribution in [2.24, 2.45) is 0 Å². The molecule has 1 aromatic heterocycles. The lowest BCUT2D eigenvalue weighted by Gasteiger charge is -2.14. The van der Waals surface area contributed by atoms with E-state index in [9.17, 15) is 18.7 Å². The van der Waals surface area contributed by atoms with Crippen LogP contribution in [0.5, 0.6) is 0 Å². The Hall–Kier alpha value is -3.32. The van der Waals surface area contributed by atoms with E-state index >= 15 is 0 Å². The average Bonchev–Trinajstić information content (AvgIpc) is 2.61. The number of nitrogens with zero attached hydrogens (tertiary/aromatic N) is 1. The molecule has 1 amide bonds. The van der Waals surface area contributed by atoms with E-state index in [4.69, 9.17) is 5.73 Å². The third-order valence-electron chi connectivity index (χ3n) is 4.04. The van der Waals surface area contributed by atoms with E-state index in [1.54, 1.807) is 30.5 Å². The molecular weight excluding hydrogens is 352 g/mol. The van der Waals surface area contributed by atoms with Gasteiger partial charge >= 0.3 is 0 Å². The number of pyridine rings is 1. The molecule has 5 nitrogen and oxygen atoms in total. The quantitative estimate of drug-likeness (QED) is 0.656. The van der Waals surface area contributed by atoms with Gasteiger partial charge < -0.3 is 16.2 Å². The van der Waals surface area contributed by atoms with E-state index < -0.39 is 23.6 Å². The molecule has 1 atom stereocenters. The monoisotopic (exact) mass is 369 g/mol. The van der Waals surface area contributed by atoms with Crippen LogP contribution in [-0.2, 0) is 4.79 Å². The predicted octanol–water partition coefficient (Wildman–Crippen LogP) is 3.59. The van der Waals surface area contributed by atoms with E-state index in [-0.39, 0.29) is 5.56 Å². The third-order valence-corrected chi connectivity index (χ3v) is 4.04. The summed E-state index contributed by atoms with van der Waals surface area (Å²) in [5.41, 5.74) is 8.52. The van der Waals surface area contributed by atoms with Gasteiger partial charge in [0.25, 0.3) is 5.91 Å². The first-order chi connectivity index (χ1) is 12.8. The van der Waals surface area contributed by atoms with Gasteiger partial charge in [-0.15, -0.1) is 0 Å². The lowest BCUT2D eigenvalue weighted by atomic mass is 10.0. The van der Waals surface area contributed by atoms with E-state index in [2.05, 4.69) is 10.3 Å². The Kier molecular flexibility index (Phi) is 5.14. The van der Waals surface area contributed by atoms with Crippen LogP contribution in [0, 0.1) is 18.6 Å². The molecule has 3 aromatic rings. The fraction of sp³-hybridized carbons (Fsp3) is 0.100. The number of aromatic nitrogens is 1. The van der Waals surface area contributed by atoms with E-state index in [1.807, 2.05) is 13.0 Å². The van der Waals surface area contributed by atoms with Gasteiger partial charge in [0.15, 0.2) is 6.10 Å². The number of aliphatic hydroxyl groups is 1. The molecule has 0 fully saturated rings. The first-order valence-electron chi connectivity index (χ1n) is 8.11. The number of amides is 1. The normalized spacial score (nSPS) is 11.9. The molecule has 0 aliphatic rings. The van der Waals surface area contributed by atoms with Crippen molar-refractivity contribution in [1.82, 2.24) is 4.98 Å². The second-order valence-electron chi connectivity index (χ2n) is 6.10. The number of halogens is 2. The van der Waals surface area contributed by atoms with Gasteiger partial charge in [-0.1, -0.05) is 6.07 Å². The second-order valence-corrected chi connectivity index (χ2v) is 6.10. The Morgan fingerprint density at radius 1 is 1.11 bits per heavy atom. The van der Waals surface area contributed by atoms with Crippen LogP contribution < -0.4 is 11.1 Å². The number of nitrogens with two attached hydrogens (primary N) is 1. The van der Waals surface area contributed by atoms with E-state index in [0.29, 0.717) is 17.6 Å². The van der Waals surface area contributed by atoms with Crippen LogP contribution >= 0.6 is 0 Å². The van der Waals surface area contributed by atoms with E-state index in [1.165, 1.54) is 0 Å². The molecule has 138 valence electrons. The molecule has 0 bridgehead atoms. The summed E-state index contributed by atoms with van der Waals surface area (Å²) in [4.78, 5) is 16.3. The van der Waals surface area contributed by atoms with E-state index in [0.717, 1.165) is 28.8 Å². The number of nitrogens with one attached hydrogen (secondary N) is 1. The fourth-order valence-corrected chi connectivity index (χ4v) is 2.72. The third kappa shape index (κ3) is 4.27. The Labute approximate surface area is 154 Å². The van der Waals surface area contributed by atoms with Crippen molar-refractivity contribution in [2.45, 2.75) is 13.0 Å². The second kappa shape index (κ2) is 7.51. The minimum atomic E-state index is -1.70. The molecule has 27 heavy (non-hydrogen) atoms. The van der Waals surface area contributed by atoms with Gasteiger partial charge in [-0.3, -0.25) is 4.79 Å². The fourth-order valence-electron chi connectivity index (χ4n) is 2.72. The Bertz CT molecular complexity index is 971. The summed E-state index contributed by atoms with van der Waals surface area (Å²) in [6.07, 6.45) is -0.0467. The Morgan fingerprint density at radius 2 is 1.81 bits per heavy atom. The maximum absolute atomic E-state index is 13.3. The predicted molar refractivity (Wildman–Crippen MR) is 98.8 cm³/mol. The summed E-state index contributed by atoms with van der Waals surface area (Å²) in [6, 6.07) is 11.2. The molecule has 2 aromatic carbocycles. The number of nitrogen functional groups attached to an aromatic ring is 1. The van der Waals surface area contributed by atoms with Gasteiger partial charge in [0.2, 0.25) is 0 Å². The zero-order valence-corrected chi connectivity index (χ0v) is 14.4. The van der Waals surface area contributed by atoms with Gasteiger partial charge in [-0.25, -0.2) is 13.8 Å². The van der Waals surface area contributed by atoms with Gasteiger partial charge in [0.05, 0.1) is 0 Å². The largest absolute Gasteiger partial charge is 0.384 e. The summed E-state index contributed by atoms with van der Waals surface area (Å²) < 4.78 is 26.5. The maximum atomic E-state index is 13.3. The molecular formula is C20H17F2N3O2. The van der Waals surface area contributed by atoms with Crippen LogP contribution in [0.25, 0.3) is 11.1 Å². The number of hydrogen-bond acceptors (Lipinski definition) is 4. The van der Waals surface area contributed by atoms with Crippen LogP contribution in [-0.4, -0.2) is 16.0 Å². The van der Waals surface area contributed by atoms with Crippen LogP contribution in [0.15, 0.2) is 54.7 Å². The molecule has 4 N–H and O–H groups in total. The number of aryl methyl sites for hydroxylation is 1. The first-order valence-corrected chi connectivity index (χ1v) is 8.11. The highest BCUT2D eigenvalue weighted by molar-refractivity contribution is 5.95. The number of rotatable bonds is 4. The molecule has 0 spiro atoms. The summed E-state index contributed by atoms with van der Waals surface area (Å²) in [5.74, 6) is -2.10. The van der Waals surface area contributed by atoms with Crippen molar-refractivity contribution in [3.8, 4) is 11.1 Å². The first kappa shape index (κ1) is 18.5. The van der Waals surface area contributed by atoms with Gasteiger partial charge in [-0.05, 0) is 60.0 Å². The van der Waals surface area contributed by atoms with Crippen molar-refractivity contribution in [1.29, 1.82) is 0 Å². The highest BCUT2D eigenvalue weighted by Crippen LogP contribution is 2.26. The number of aliphatic hydroxyl groups excluding tert-OH is 1. The number of anilines is 2. The van der Waals surface area contributed by atoms with Crippen LogP contribution in [0.1, 0.15) is 17.2 Å². The van der Waals surface area contributed by atoms with Crippen LogP contribution in [0.2, 0.25) is 0 Å². The smallest absolute Gasteiger partial charge is 0.257 e. The number of hydrogen-bond donors (Lipinski definition) is 3.